The molecule has 1 rings (SSSR count). The van der Waals surface area contributed by atoms with Crippen molar-refractivity contribution in [1.82, 2.24) is 0 Å². The van der Waals surface area contributed by atoms with Crippen LogP contribution >= 0.6 is 0 Å². The van der Waals surface area contributed by atoms with E-state index in [0.717, 1.165) is 57.8 Å². The van der Waals surface area contributed by atoms with Crippen LogP contribution in [0, 0.1) is 0 Å². The maximum atomic E-state index is 12.7. The number of rotatable bonds is 33. The van der Waals surface area contributed by atoms with Crippen molar-refractivity contribution in [3.63, 3.8) is 0 Å². The van der Waals surface area contributed by atoms with E-state index in [2.05, 4.69) is 38.2 Å². The van der Waals surface area contributed by atoms with Crippen LogP contribution in [0.4, 0.5) is 0 Å². The molecule has 0 radical (unpaired) electrons. The average Bonchev–Trinajstić information content (AvgIpc) is 3.10. The Morgan fingerprint density at radius 1 is 0.653 bits per heavy atom. The van der Waals surface area contributed by atoms with Crippen LogP contribution in [-0.2, 0) is 23.7 Å². The number of carbonyl (C=O) groups excluding carboxylic acids is 1. The summed E-state index contributed by atoms with van der Waals surface area (Å²) in [5, 5.41) is 39.9. The van der Waals surface area contributed by atoms with Gasteiger partial charge < -0.3 is 39.4 Å². The largest absolute Gasteiger partial charge is 0.457 e. The lowest BCUT2D eigenvalue weighted by Crippen LogP contribution is -2.59. The van der Waals surface area contributed by atoms with E-state index in [9.17, 15) is 25.2 Å². The quantitative estimate of drug-likeness (QED) is 0.0307. The van der Waals surface area contributed by atoms with Gasteiger partial charge in [0.25, 0.3) is 0 Å². The molecular weight excluding hydrogens is 624 g/mol. The van der Waals surface area contributed by atoms with E-state index in [4.69, 9.17) is 18.9 Å². The molecule has 6 unspecified atom stereocenters. The Labute approximate surface area is 298 Å². The lowest BCUT2D eigenvalue weighted by molar-refractivity contribution is -0.305. The number of allylic oxidation sites excluding steroid dienone is 4. The van der Waals surface area contributed by atoms with Crippen molar-refractivity contribution in [2.75, 3.05) is 26.4 Å². The van der Waals surface area contributed by atoms with Gasteiger partial charge in [-0.2, -0.15) is 0 Å². The number of carbonyl (C=O) groups is 1. The molecule has 0 bridgehead atoms. The number of aliphatic hydroxyl groups is 4. The Morgan fingerprint density at radius 3 is 1.80 bits per heavy atom. The van der Waals surface area contributed by atoms with E-state index < -0.39 is 43.4 Å². The van der Waals surface area contributed by atoms with Crippen LogP contribution in [0.1, 0.15) is 162 Å². The van der Waals surface area contributed by atoms with Gasteiger partial charge in [-0.15, -0.1) is 0 Å². The first-order chi connectivity index (χ1) is 23.9. The summed E-state index contributed by atoms with van der Waals surface area (Å²) in [6.45, 7) is 4.51. The van der Waals surface area contributed by atoms with Crippen molar-refractivity contribution in [2.45, 2.75) is 198 Å². The Morgan fingerprint density at radius 2 is 1.18 bits per heavy atom. The maximum absolute atomic E-state index is 12.7. The van der Waals surface area contributed by atoms with Gasteiger partial charge >= 0.3 is 5.97 Å². The normalized spacial score (nSPS) is 22.0. The molecule has 9 heteroatoms. The summed E-state index contributed by atoms with van der Waals surface area (Å²) < 4.78 is 22.7. The summed E-state index contributed by atoms with van der Waals surface area (Å²) in [5.74, 6) is -0.327. The van der Waals surface area contributed by atoms with Gasteiger partial charge in [-0.1, -0.05) is 134 Å². The first-order valence-corrected chi connectivity index (χ1v) is 19.9. The Bertz CT molecular complexity index is 803. The zero-order valence-electron chi connectivity index (χ0n) is 31.2. The summed E-state index contributed by atoms with van der Waals surface area (Å²) in [7, 11) is 0. The molecule has 0 aromatic rings. The molecule has 0 amide bonds. The molecule has 0 aromatic carbocycles. The van der Waals surface area contributed by atoms with E-state index in [-0.39, 0.29) is 19.2 Å². The smallest absolute Gasteiger partial charge is 0.306 e. The highest BCUT2D eigenvalue weighted by atomic mass is 16.7. The monoisotopic (exact) mass is 699 g/mol. The van der Waals surface area contributed by atoms with Crippen LogP contribution in [0.25, 0.3) is 0 Å². The van der Waals surface area contributed by atoms with Gasteiger partial charge in [0, 0.05) is 13.0 Å². The lowest BCUT2D eigenvalue weighted by Gasteiger charge is -2.39. The van der Waals surface area contributed by atoms with Gasteiger partial charge in [0.2, 0.25) is 0 Å². The minimum absolute atomic E-state index is 0.116. The Kier molecular flexibility index (Phi) is 30.4. The SMILES string of the molecule is CCCCC/C=C\C/C=C\CCCCCCCC(=O)OC(COCCCCCCCCCCCCC)COC1OC(CO)C(O)C(O)C1O. The van der Waals surface area contributed by atoms with E-state index in [1.807, 2.05) is 0 Å². The van der Waals surface area contributed by atoms with Crippen LogP contribution in [0.2, 0.25) is 0 Å². The van der Waals surface area contributed by atoms with Gasteiger partial charge in [0.05, 0.1) is 19.8 Å². The summed E-state index contributed by atoms with van der Waals surface area (Å²) in [5.41, 5.74) is 0. The number of unbranched alkanes of at least 4 members (excludes halogenated alkanes) is 18. The third kappa shape index (κ3) is 24.5. The fourth-order valence-corrected chi connectivity index (χ4v) is 5.93. The van der Waals surface area contributed by atoms with Crippen LogP contribution in [0.3, 0.4) is 0 Å². The van der Waals surface area contributed by atoms with E-state index >= 15 is 0 Å². The molecule has 4 N–H and O–H groups in total. The second kappa shape index (κ2) is 32.6. The second-order valence-electron chi connectivity index (χ2n) is 13.7. The maximum Gasteiger partial charge on any atom is 0.306 e. The van der Waals surface area contributed by atoms with Crippen LogP contribution < -0.4 is 0 Å². The van der Waals surface area contributed by atoms with Gasteiger partial charge in [-0.05, 0) is 44.9 Å². The predicted octanol–water partition coefficient (Wildman–Crippen LogP) is 7.86. The van der Waals surface area contributed by atoms with Crippen molar-refractivity contribution < 1.29 is 44.2 Å². The molecule has 0 saturated carbocycles. The molecule has 0 aliphatic carbocycles. The van der Waals surface area contributed by atoms with E-state index in [1.54, 1.807) is 0 Å². The summed E-state index contributed by atoms with van der Waals surface area (Å²) >= 11 is 0. The summed E-state index contributed by atoms with van der Waals surface area (Å²) in [6, 6.07) is 0. The van der Waals surface area contributed by atoms with Crippen LogP contribution in [-0.4, -0.2) is 89.6 Å². The highest BCUT2D eigenvalue weighted by Gasteiger charge is 2.44. The van der Waals surface area contributed by atoms with Crippen molar-refractivity contribution in [2.24, 2.45) is 0 Å². The van der Waals surface area contributed by atoms with Gasteiger partial charge in [0.1, 0.15) is 30.5 Å². The summed E-state index contributed by atoms with van der Waals surface area (Å²) in [6.07, 6.45) is 27.7. The third-order valence-electron chi connectivity index (χ3n) is 9.12. The topological polar surface area (TPSA) is 135 Å². The Hall–Kier alpha value is -1.33. The predicted molar refractivity (Wildman–Crippen MR) is 196 cm³/mol. The molecule has 6 atom stereocenters. The molecule has 1 heterocycles. The molecule has 49 heavy (non-hydrogen) atoms. The number of hydrogen-bond acceptors (Lipinski definition) is 9. The van der Waals surface area contributed by atoms with Crippen molar-refractivity contribution in [1.29, 1.82) is 0 Å². The molecular formula is C40H74O9. The molecule has 0 aromatic heterocycles. The highest BCUT2D eigenvalue weighted by Crippen LogP contribution is 2.22. The standard InChI is InChI=1S/C40H74O9/c1-3-5-7-9-11-13-15-16-17-18-19-21-23-25-27-29-36(42)48-34(33-47-40-39(45)38(44)37(43)35(31-41)49-40)32-46-30-28-26-24-22-20-14-12-10-8-6-4-2/h11,13,16-17,34-35,37-41,43-45H,3-10,12,14-15,18-33H2,1-2H3/b13-11-,17-16-. The molecule has 1 fully saturated rings. The first kappa shape index (κ1) is 45.7. The molecule has 1 saturated heterocycles. The number of hydrogen-bond donors (Lipinski definition) is 4. The van der Waals surface area contributed by atoms with Crippen molar-refractivity contribution in [3.8, 4) is 0 Å². The van der Waals surface area contributed by atoms with Crippen LogP contribution in [0.5, 0.6) is 0 Å². The molecule has 288 valence electrons. The van der Waals surface area contributed by atoms with Gasteiger partial charge in [0.15, 0.2) is 6.29 Å². The number of aliphatic hydroxyl groups excluding tert-OH is 4. The summed E-state index contributed by atoms with van der Waals surface area (Å²) in [4.78, 5) is 12.7. The van der Waals surface area contributed by atoms with E-state index in [1.165, 1.54) is 83.5 Å². The van der Waals surface area contributed by atoms with Crippen molar-refractivity contribution >= 4 is 5.97 Å². The lowest BCUT2D eigenvalue weighted by atomic mass is 9.99. The number of esters is 1. The zero-order valence-corrected chi connectivity index (χ0v) is 31.2. The molecule has 1 aliphatic rings. The third-order valence-corrected chi connectivity index (χ3v) is 9.12. The fourth-order valence-electron chi connectivity index (χ4n) is 5.93. The molecule has 0 spiro atoms. The van der Waals surface area contributed by atoms with Crippen molar-refractivity contribution in [3.05, 3.63) is 24.3 Å². The highest BCUT2D eigenvalue weighted by molar-refractivity contribution is 5.69. The Balaban J connectivity index is 2.33. The zero-order chi connectivity index (χ0) is 35.8. The number of ether oxygens (including phenoxy) is 4. The first-order valence-electron chi connectivity index (χ1n) is 19.9. The molecule has 9 nitrogen and oxygen atoms in total. The van der Waals surface area contributed by atoms with E-state index in [0.29, 0.717) is 13.0 Å². The minimum atomic E-state index is -1.53. The fraction of sp³-hybridized carbons (Fsp3) is 0.875. The van der Waals surface area contributed by atoms with Crippen LogP contribution in [0.15, 0.2) is 24.3 Å². The van der Waals surface area contributed by atoms with Gasteiger partial charge in [-0.25, -0.2) is 0 Å². The second-order valence-corrected chi connectivity index (χ2v) is 13.7. The van der Waals surface area contributed by atoms with Gasteiger partial charge in [-0.3, -0.25) is 4.79 Å². The molecule has 1 aliphatic heterocycles. The minimum Gasteiger partial charge on any atom is -0.457 e. The average molecular weight is 699 g/mol.